The summed E-state index contributed by atoms with van der Waals surface area (Å²) in [5.41, 5.74) is 11.0. The molecular formula is C62H104N19O26+. The highest BCUT2D eigenvalue weighted by Crippen LogP contribution is 2.32. The predicted octanol–water partition coefficient (Wildman–Crippen LogP) is -14.7. The van der Waals surface area contributed by atoms with Crippen LogP contribution in [0.4, 0.5) is 0 Å². The minimum absolute atomic E-state index is 0.0302. The van der Waals surface area contributed by atoms with Crippen LogP contribution in [-0.2, 0) is 81.5 Å². The van der Waals surface area contributed by atoms with Crippen molar-refractivity contribution in [1.82, 2.24) is 84.6 Å². The molecule has 0 spiro atoms. The first kappa shape index (κ1) is 89.9. The lowest BCUT2D eigenvalue weighted by Crippen LogP contribution is -3.29. The van der Waals surface area contributed by atoms with Crippen LogP contribution in [0.3, 0.4) is 0 Å². The SMILES string of the molecule is NCCCCC(NC(=O)C(CO)NC(=O)C1CCNC2C(NC(=O)CCC(N)=O)CC3CC(O)C(O)CC3[NH+]12)C(=O)NCC(=O)NC(CCCN(O)C=O)C(=O)NC(CO)C(=O)NC(CO)C(=O)NCC(=O)NC1CCCCNC(=O)C(CO)NC(=O)C(CCC(=O)O)NC(=O)C(CCCN(O)C=O)NC1=O. The average Bonchev–Trinajstić information content (AvgIpc) is 0.748. The highest BCUT2D eigenvalue weighted by Gasteiger charge is 2.56. The molecule has 45 nitrogen and oxygen atoms in total. The lowest BCUT2D eigenvalue weighted by Gasteiger charge is -2.54. The van der Waals surface area contributed by atoms with Gasteiger partial charge in [0.1, 0.15) is 54.4 Å². The second-order valence-corrected chi connectivity index (χ2v) is 26.3. The number of hydrogen-bond acceptors (Lipinski definition) is 27. The Morgan fingerprint density at radius 1 is 0.561 bits per heavy atom. The van der Waals surface area contributed by atoms with Gasteiger partial charge in [-0.15, -0.1) is 0 Å². The third kappa shape index (κ3) is 30.0. The number of nitrogens with zero attached hydrogens (tertiary/aromatic N) is 2. The van der Waals surface area contributed by atoms with E-state index in [1.54, 1.807) is 0 Å². The smallest absolute Gasteiger partial charge is 0.303 e. The molecule has 4 aliphatic rings. The van der Waals surface area contributed by atoms with Crippen molar-refractivity contribution in [2.24, 2.45) is 17.4 Å². The number of piperidine rings is 1. The summed E-state index contributed by atoms with van der Waals surface area (Å²) in [4.78, 5) is 223. The van der Waals surface area contributed by atoms with E-state index in [9.17, 15) is 128 Å². The molecule has 3 saturated heterocycles. The van der Waals surface area contributed by atoms with Gasteiger partial charge >= 0.3 is 5.97 Å². The molecule has 17 unspecified atom stereocenters. The van der Waals surface area contributed by atoms with Crippen LogP contribution in [0.5, 0.6) is 0 Å². The van der Waals surface area contributed by atoms with Crippen molar-refractivity contribution in [2.75, 3.05) is 72.2 Å². The first-order valence-corrected chi connectivity index (χ1v) is 35.2. The number of carboxylic acid groups (broad SMARTS) is 1. The third-order valence-corrected chi connectivity index (χ3v) is 18.4. The van der Waals surface area contributed by atoms with Gasteiger partial charge in [-0.1, -0.05) is 0 Å². The van der Waals surface area contributed by atoms with Gasteiger partial charge in [-0.05, 0) is 90.0 Å². The Morgan fingerprint density at radius 2 is 1.10 bits per heavy atom. The van der Waals surface area contributed by atoms with E-state index in [2.05, 4.69) is 74.4 Å². The fourth-order valence-corrected chi connectivity index (χ4v) is 12.7. The molecule has 0 aromatic rings. The fourth-order valence-electron chi connectivity index (χ4n) is 12.7. The number of carbonyl (C=O) groups excluding carboxylic acids is 16. The van der Waals surface area contributed by atoms with Crippen LogP contribution in [0.2, 0.25) is 0 Å². The van der Waals surface area contributed by atoms with Gasteiger partial charge in [0.2, 0.25) is 89.6 Å². The molecule has 1 saturated carbocycles. The Hall–Kier alpha value is -9.45. The maximum absolute atomic E-state index is 14.3. The maximum atomic E-state index is 14.3. The summed E-state index contributed by atoms with van der Waals surface area (Å²) in [6.45, 7) is -6.65. The Bertz CT molecular complexity index is 3070. The Kier molecular flexibility index (Phi) is 39.2. The summed E-state index contributed by atoms with van der Waals surface area (Å²) < 4.78 is 0. The first-order valence-electron chi connectivity index (χ1n) is 35.2. The second-order valence-electron chi connectivity index (χ2n) is 26.3. The van der Waals surface area contributed by atoms with Crippen LogP contribution in [0.25, 0.3) is 0 Å². The van der Waals surface area contributed by atoms with Gasteiger partial charge < -0.3 is 121 Å². The number of hydrogen-bond donors (Lipinski definition) is 26. The van der Waals surface area contributed by atoms with E-state index in [-0.39, 0.29) is 139 Å². The normalized spacial score (nSPS) is 24.7. The van der Waals surface area contributed by atoms with Gasteiger partial charge in [0, 0.05) is 64.2 Å². The molecule has 4 fully saturated rings. The van der Waals surface area contributed by atoms with Crippen LogP contribution >= 0.6 is 0 Å². The van der Waals surface area contributed by atoms with Crippen molar-refractivity contribution in [3.8, 4) is 0 Å². The fraction of sp³-hybridized carbons (Fsp3) is 0.726. The largest absolute Gasteiger partial charge is 0.481 e. The number of aliphatic hydroxyl groups is 6. The van der Waals surface area contributed by atoms with E-state index in [0.717, 1.165) is 0 Å². The zero-order valence-corrected chi connectivity index (χ0v) is 58.9. The molecule has 17 atom stereocenters. The molecule has 107 heavy (non-hydrogen) atoms. The molecule has 45 heteroatoms. The van der Waals surface area contributed by atoms with E-state index in [1.165, 1.54) is 0 Å². The molecule has 3 heterocycles. The number of fused-ring (bicyclic) bond motifs is 3. The van der Waals surface area contributed by atoms with Crippen molar-refractivity contribution in [3.05, 3.63) is 0 Å². The monoisotopic (exact) mass is 1530 g/mol. The van der Waals surface area contributed by atoms with Gasteiger partial charge in [-0.2, -0.15) is 0 Å². The number of carboxylic acids is 1. The number of aliphatic hydroxyl groups excluding tert-OH is 6. The zero-order chi connectivity index (χ0) is 79.4. The van der Waals surface area contributed by atoms with Crippen LogP contribution in [0.1, 0.15) is 116 Å². The first-order chi connectivity index (χ1) is 50.9. The number of rotatable bonds is 41. The average molecular weight is 1530 g/mol. The van der Waals surface area contributed by atoms with Gasteiger partial charge in [-0.25, -0.2) is 10.1 Å². The number of nitrogens with two attached hydrogens (primary N) is 2. The molecule has 0 radical (unpaired) electrons. The molecule has 0 aromatic heterocycles. The highest BCUT2D eigenvalue weighted by molar-refractivity contribution is 5.99. The number of nitrogens with one attached hydrogen (secondary N) is 15. The lowest BCUT2D eigenvalue weighted by atomic mass is 9.72. The number of quaternary nitrogens is 1. The standard InChI is InChI=1S/C62H103N19O26/c63-16-3-1-7-33(72-60(103)42(29-85)78-62(105)43-15-18-65-52-38(71-48(91)13-12-47(64)90)21-32-22-45(88)46(89)23-44(32)81(43)52)53(96)67-24-49(92)70-35(9-5-19-79(106)30-86)57(100)77-41(28-84)61(104)76-40(27-83)55(98)68-25-50(93)69-34-8-2-4-17-66-54(97)39(26-82)75-59(102)37(11-14-51(94)95)74-58(101)36(73-56(34)99)10-6-20-80(107)31-87/h30-46,52,65,82-85,88-89,106-107H,1-29,63H2,(H2,64,90)(H,66,97)(H,67,96)(H,68,98)(H,69,93)(H,70,92)(H,71,91)(H,72,103)(H,73,99)(H,74,101)(H,75,102)(H,76,104)(H,77,100)(H,78,105)(H,94,95)/p+1. The van der Waals surface area contributed by atoms with Crippen molar-refractivity contribution in [2.45, 2.75) is 206 Å². The quantitative estimate of drug-likeness (QED) is 0.0117. The summed E-state index contributed by atoms with van der Waals surface area (Å²) in [7, 11) is 0. The van der Waals surface area contributed by atoms with Gasteiger partial charge in [0.05, 0.1) is 63.8 Å². The van der Waals surface area contributed by atoms with E-state index >= 15 is 0 Å². The lowest BCUT2D eigenvalue weighted by molar-refractivity contribution is -0.983. The topological polar surface area (TPSA) is 704 Å². The minimum Gasteiger partial charge on any atom is -0.481 e. The van der Waals surface area contributed by atoms with Crippen molar-refractivity contribution in [1.29, 1.82) is 0 Å². The van der Waals surface area contributed by atoms with Gasteiger partial charge in [0.15, 0.2) is 12.2 Å². The Morgan fingerprint density at radius 3 is 1.71 bits per heavy atom. The van der Waals surface area contributed by atoms with Crippen LogP contribution in [-0.4, -0.2) is 321 Å². The molecular weight excluding hydrogens is 1430 g/mol. The molecule has 28 N–H and O–H groups in total. The highest BCUT2D eigenvalue weighted by atomic mass is 16.5. The molecule has 0 bridgehead atoms. The molecule has 3 aliphatic heterocycles. The summed E-state index contributed by atoms with van der Waals surface area (Å²) in [6, 6.07) is -17.1. The molecule has 602 valence electrons. The van der Waals surface area contributed by atoms with E-state index in [4.69, 9.17) is 11.5 Å². The third-order valence-electron chi connectivity index (χ3n) is 18.4. The summed E-state index contributed by atoms with van der Waals surface area (Å²) in [5, 5.41) is 126. The zero-order valence-electron chi connectivity index (χ0n) is 58.9. The number of hydroxylamine groups is 4. The van der Waals surface area contributed by atoms with Crippen LogP contribution in [0.15, 0.2) is 0 Å². The number of amides is 16. The number of carbonyl (C=O) groups is 17. The van der Waals surface area contributed by atoms with E-state index in [0.29, 0.717) is 17.7 Å². The minimum atomic E-state index is -1.97. The summed E-state index contributed by atoms with van der Waals surface area (Å²) >= 11 is 0. The molecule has 16 amide bonds. The van der Waals surface area contributed by atoms with Crippen molar-refractivity contribution < 1.29 is 133 Å². The van der Waals surface area contributed by atoms with E-state index < -0.39 is 245 Å². The van der Waals surface area contributed by atoms with Crippen LogP contribution in [0, 0.1) is 5.92 Å². The van der Waals surface area contributed by atoms with Gasteiger partial charge in [-0.3, -0.25) is 97.2 Å². The van der Waals surface area contributed by atoms with Crippen molar-refractivity contribution in [3.63, 3.8) is 0 Å². The van der Waals surface area contributed by atoms with Crippen molar-refractivity contribution >= 4 is 101 Å². The number of unbranched alkanes of at least 4 members (excludes halogenated alkanes) is 1. The summed E-state index contributed by atoms with van der Waals surface area (Å²) in [6.07, 6.45) is -4.42. The molecule has 4 rings (SSSR count). The van der Waals surface area contributed by atoms with E-state index in [1.807, 2.05) is 0 Å². The predicted molar refractivity (Wildman–Crippen MR) is 361 cm³/mol. The number of primary amides is 1. The summed E-state index contributed by atoms with van der Waals surface area (Å²) in [5.74, 6) is -15.7. The second kappa shape index (κ2) is 46.6. The maximum Gasteiger partial charge on any atom is 0.303 e. The van der Waals surface area contributed by atoms with Crippen LogP contribution < -0.4 is 90.8 Å². The Balaban J connectivity index is 1.42. The molecule has 1 aliphatic carbocycles. The number of aliphatic carboxylic acids is 1. The van der Waals surface area contributed by atoms with Gasteiger partial charge in [0.25, 0.3) is 5.91 Å². The Labute approximate surface area is 612 Å². The molecule has 0 aromatic carbocycles.